The maximum absolute atomic E-state index is 5.23. The van der Waals surface area contributed by atoms with E-state index in [2.05, 4.69) is 32.4 Å². The lowest BCUT2D eigenvalue weighted by Crippen LogP contribution is -2.47. The Kier molecular flexibility index (Phi) is 3.66. The zero-order valence-corrected chi connectivity index (χ0v) is 11.8. The van der Waals surface area contributed by atoms with Gasteiger partial charge in [-0.15, -0.1) is 0 Å². The number of hydrazine groups is 1. The Balaban J connectivity index is 1.84. The molecule has 6 heteroatoms. The second kappa shape index (κ2) is 5.60. The molecule has 1 aromatic carbocycles. The molecule has 0 atom stereocenters. The summed E-state index contributed by atoms with van der Waals surface area (Å²) in [4.78, 5) is 11.0. The van der Waals surface area contributed by atoms with Crippen molar-refractivity contribution in [3.8, 4) is 5.75 Å². The molecule has 1 aromatic heterocycles. The average Bonchev–Trinajstić information content (AvgIpc) is 2.49. The molecule has 0 aliphatic carbocycles. The smallest absolute Gasteiger partial charge is 0.151 e. The van der Waals surface area contributed by atoms with Crippen LogP contribution in [0.1, 0.15) is 0 Å². The first-order valence-corrected chi connectivity index (χ1v) is 6.75. The molecule has 0 unspecified atom stereocenters. The van der Waals surface area contributed by atoms with Crippen LogP contribution in [0.2, 0.25) is 0 Å². The minimum absolute atomic E-state index is 0.807. The Bertz CT molecular complexity index is 595. The number of piperazine rings is 1. The lowest BCUT2D eigenvalue weighted by Gasteiger charge is -2.32. The number of ether oxygens (including phenoxy) is 1. The van der Waals surface area contributed by atoms with Crippen LogP contribution >= 0.6 is 0 Å². The molecule has 0 bridgehead atoms. The molecule has 0 saturated carbocycles. The van der Waals surface area contributed by atoms with Gasteiger partial charge in [0.05, 0.1) is 12.6 Å². The Morgan fingerprint density at radius 1 is 1.15 bits per heavy atom. The van der Waals surface area contributed by atoms with E-state index in [0.717, 1.165) is 48.6 Å². The lowest BCUT2D eigenvalue weighted by molar-refractivity contribution is 0.178. The predicted octanol–water partition coefficient (Wildman–Crippen LogP) is 1.21. The van der Waals surface area contributed by atoms with E-state index in [9.17, 15) is 0 Å². The van der Waals surface area contributed by atoms with Gasteiger partial charge in [-0.3, -0.25) is 0 Å². The van der Waals surface area contributed by atoms with Crippen molar-refractivity contribution < 1.29 is 4.74 Å². The molecule has 0 amide bonds. The Morgan fingerprint density at radius 3 is 2.70 bits per heavy atom. The number of hydrogen-bond donors (Lipinski definition) is 1. The topological polar surface area (TPSA) is 53.5 Å². The van der Waals surface area contributed by atoms with Crippen molar-refractivity contribution in [2.45, 2.75) is 0 Å². The number of aromatic nitrogens is 2. The number of likely N-dealkylation sites (N-methyl/N-ethyl adjacent to an activating group) is 1. The summed E-state index contributed by atoms with van der Waals surface area (Å²) < 4.78 is 5.23. The molecular weight excluding hydrogens is 254 g/mol. The second-order valence-electron chi connectivity index (χ2n) is 5.01. The SMILES string of the molecule is COc1ccc2c(NN3CCN(C)CC3)ncnc2c1. The molecule has 3 rings (SSSR count). The number of hydrogen-bond acceptors (Lipinski definition) is 6. The van der Waals surface area contributed by atoms with Crippen molar-refractivity contribution in [3.63, 3.8) is 0 Å². The number of rotatable bonds is 3. The van der Waals surface area contributed by atoms with E-state index in [-0.39, 0.29) is 0 Å². The van der Waals surface area contributed by atoms with Crippen LogP contribution in [0.4, 0.5) is 5.82 Å². The van der Waals surface area contributed by atoms with E-state index in [1.165, 1.54) is 0 Å². The van der Waals surface area contributed by atoms with Crippen LogP contribution in [0.25, 0.3) is 10.9 Å². The van der Waals surface area contributed by atoms with Crippen molar-refractivity contribution in [1.82, 2.24) is 19.9 Å². The quantitative estimate of drug-likeness (QED) is 0.907. The highest BCUT2D eigenvalue weighted by atomic mass is 16.5. The summed E-state index contributed by atoms with van der Waals surface area (Å²) in [5.74, 6) is 1.66. The third kappa shape index (κ3) is 2.66. The van der Waals surface area contributed by atoms with Crippen LogP contribution in [-0.2, 0) is 0 Å². The molecule has 0 spiro atoms. The van der Waals surface area contributed by atoms with Gasteiger partial charge in [0.25, 0.3) is 0 Å². The monoisotopic (exact) mass is 273 g/mol. The zero-order chi connectivity index (χ0) is 13.9. The van der Waals surface area contributed by atoms with E-state index in [1.807, 2.05) is 18.2 Å². The number of anilines is 1. The van der Waals surface area contributed by atoms with Crippen molar-refractivity contribution in [3.05, 3.63) is 24.5 Å². The van der Waals surface area contributed by atoms with Crippen LogP contribution in [0.15, 0.2) is 24.5 Å². The van der Waals surface area contributed by atoms with Crippen molar-refractivity contribution in [1.29, 1.82) is 0 Å². The van der Waals surface area contributed by atoms with Crippen LogP contribution in [-0.4, -0.2) is 60.2 Å². The molecule has 1 fully saturated rings. The van der Waals surface area contributed by atoms with E-state index in [1.54, 1.807) is 13.4 Å². The maximum atomic E-state index is 5.23. The van der Waals surface area contributed by atoms with E-state index >= 15 is 0 Å². The number of methoxy groups -OCH3 is 1. The average molecular weight is 273 g/mol. The van der Waals surface area contributed by atoms with Gasteiger partial charge in [-0.1, -0.05) is 0 Å². The molecule has 106 valence electrons. The fourth-order valence-electron chi connectivity index (χ4n) is 2.32. The molecule has 1 saturated heterocycles. The van der Waals surface area contributed by atoms with Crippen molar-refractivity contribution >= 4 is 16.7 Å². The van der Waals surface area contributed by atoms with Crippen LogP contribution < -0.4 is 10.2 Å². The number of benzene rings is 1. The van der Waals surface area contributed by atoms with Crippen LogP contribution in [0.5, 0.6) is 5.75 Å². The molecule has 2 heterocycles. The van der Waals surface area contributed by atoms with Gasteiger partial charge in [-0.2, -0.15) is 0 Å². The predicted molar refractivity (Wildman–Crippen MR) is 78.8 cm³/mol. The van der Waals surface area contributed by atoms with Gasteiger partial charge in [-0.25, -0.2) is 15.0 Å². The molecule has 1 aliphatic heterocycles. The van der Waals surface area contributed by atoms with Gasteiger partial charge in [-0.05, 0) is 19.2 Å². The summed E-state index contributed by atoms with van der Waals surface area (Å²) in [6, 6.07) is 5.85. The van der Waals surface area contributed by atoms with Crippen LogP contribution in [0.3, 0.4) is 0 Å². The molecular formula is C14H19N5O. The first-order chi connectivity index (χ1) is 9.76. The van der Waals surface area contributed by atoms with Crippen LogP contribution in [0, 0.1) is 0 Å². The molecule has 0 radical (unpaired) electrons. The summed E-state index contributed by atoms with van der Waals surface area (Å²) >= 11 is 0. The molecule has 20 heavy (non-hydrogen) atoms. The summed E-state index contributed by atoms with van der Waals surface area (Å²) in [5, 5.41) is 3.21. The van der Waals surface area contributed by atoms with Gasteiger partial charge >= 0.3 is 0 Å². The summed E-state index contributed by atoms with van der Waals surface area (Å²) in [5.41, 5.74) is 4.28. The number of nitrogens with zero attached hydrogens (tertiary/aromatic N) is 4. The summed E-state index contributed by atoms with van der Waals surface area (Å²) in [6.45, 7) is 4.09. The fraction of sp³-hybridized carbons (Fsp3) is 0.429. The fourth-order valence-corrected chi connectivity index (χ4v) is 2.32. The molecule has 6 nitrogen and oxygen atoms in total. The second-order valence-corrected chi connectivity index (χ2v) is 5.01. The minimum atomic E-state index is 0.807. The van der Waals surface area contributed by atoms with Gasteiger partial charge in [0.1, 0.15) is 12.1 Å². The Labute approximate surface area is 118 Å². The molecule has 1 aliphatic rings. The highest BCUT2D eigenvalue weighted by Crippen LogP contribution is 2.24. The zero-order valence-electron chi connectivity index (χ0n) is 11.8. The molecule has 1 N–H and O–H groups in total. The van der Waals surface area contributed by atoms with E-state index in [0.29, 0.717) is 0 Å². The van der Waals surface area contributed by atoms with E-state index < -0.39 is 0 Å². The maximum Gasteiger partial charge on any atom is 0.151 e. The third-order valence-corrected chi connectivity index (χ3v) is 3.61. The van der Waals surface area contributed by atoms with E-state index in [4.69, 9.17) is 4.74 Å². The van der Waals surface area contributed by atoms with Crippen molar-refractivity contribution in [2.24, 2.45) is 0 Å². The first kappa shape index (κ1) is 13.1. The summed E-state index contributed by atoms with van der Waals surface area (Å²) in [6.07, 6.45) is 1.58. The Morgan fingerprint density at radius 2 is 1.95 bits per heavy atom. The lowest BCUT2D eigenvalue weighted by atomic mass is 10.2. The highest BCUT2D eigenvalue weighted by molar-refractivity contribution is 5.89. The third-order valence-electron chi connectivity index (χ3n) is 3.61. The van der Waals surface area contributed by atoms with Crippen molar-refractivity contribution in [2.75, 3.05) is 45.8 Å². The van der Waals surface area contributed by atoms with Gasteiger partial charge in [0.15, 0.2) is 5.82 Å². The Hall–Kier alpha value is -1.92. The normalized spacial score (nSPS) is 17.3. The standard InChI is InChI=1S/C14H19N5O/c1-18-5-7-19(8-6-18)17-14-12-4-3-11(20-2)9-13(12)15-10-16-14/h3-4,9-10H,5-8H2,1-2H3,(H,15,16,17). The summed E-state index contributed by atoms with van der Waals surface area (Å²) in [7, 11) is 3.80. The number of nitrogens with one attached hydrogen (secondary N) is 1. The first-order valence-electron chi connectivity index (χ1n) is 6.75. The minimum Gasteiger partial charge on any atom is -0.497 e. The van der Waals surface area contributed by atoms with Gasteiger partial charge in [0.2, 0.25) is 0 Å². The number of fused-ring (bicyclic) bond motifs is 1. The highest BCUT2D eigenvalue weighted by Gasteiger charge is 2.15. The molecule has 2 aromatic rings. The largest absolute Gasteiger partial charge is 0.497 e. The van der Waals surface area contributed by atoms with Gasteiger partial charge in [0, 0.05) is 37.6 Å². The van der Waals surface area contributed by atoms with Gasteiger partial charge < -0.3 is 15.1 Å².